The van der Waals surface area contributed by atoms with Crippen LogP contribution in [0, 0.1) is 5.92 Å². The Bertz CT molecular complexity index is 488. The van der Waals surface area contributed by atoms with Gasteiger partial charge in [-0.3, -0.25) is 4.79 Å². The zero-order valence-corrected chi connectivity index (χ0v) is 13.1. The molecule has 1 rings (SSSR count). The summed E-state index contributed by atoms with van der Waals surface area (Å²) in [5.74, 6) is -1.02. The fourth-order valence-corrected chi connectivity index (χ4v) is 1.66. The van der Waals surface area contributed by atoms with Crippen LogP contribution in [0.3, 0.4) is 0 Å². The van der Waals surface area contributed by atoms with Crippen molar-refractivity contribution in [3.05, 3.63) is 23.1 Å². The minimum atomic E-state index is -0.745. The molecule has 0 radical (unpaired) electrons. The molecule has 0 saturated heterocycles. The Kier molecular flexibility index (Phi) is 5.22. The number of hydrogen-bond donors (Lipinski definition) is 1. The number of hydrogen-bond acceptors (Lipinski definition) is 4. The Balaban J connectivity index is 2.77. The zero-order chi connectivity index (χ0) is 15.5. The van der Waals surface area contributed by atoms with Crippen LogP contribution >= 0.6 is 11.6 Å². The van der Waals surface area contributed by atoms with E-state index in [1.807, 2.05) is 13.8 Å². The summed E-state index contributed by atoms with van der Waals surface area (Å²) in [5, 5.41) is 2.72. The van der Waals surface area contributed by atoms with Crippen molar-refractivity contribution in [1.82, 2.24) is 5.32 Å². The Hall–Kier alpha value is -1.49. The first-order valence-corrected chi connectivity index (χ1v) is 6.77. The lowest BCUT2D eigenvalue weighted by molar-refractivity contribution is -0.158. The number of amides is 1. The van der Waals surface area contributed by atoms with Gasteiger partial charge in [0, 0.05) is 0 Å². The van der Waals surface area contributed by atoms with Crippen LogP contribution in [-0.4, -0.2) is 23.5 Å². The van der Waals surface area contributed by atoms with E-state index in [0.717, 1.165) is 0 Å². The quantitative estimate of drug-likeness (QED) is 0.868. The summed E-state index contributed by atoms with van der Waals surface area (Å²) in [5.41, 5.74) is -0.608. The van der Waals surface area contributed by atoms with Crippen molar-refractivity contribution in [2.75, 3.05) is 0 Å². The largest absolute Gasteiger partial charge is 0.458 e. The average Bonchev–Trinajstić information content (AvgIpc) is 2.69. The van der Waals surface area contributed by atoms with Crippen molar-refractivity contribution < 1.29 is 18.7 Å². The molecular formula is C14H20ClNO4. The highest BCUT2D eigenvalue weighted by Crippen LogP contribution is 2.15. The molecule has 1 amide bonds. The standard InChI is InChI=1S/C14H20ClNO4/c1-8(2)11(13(18)20-14(3,4)5)16-12(17)9-6-7-10(15)19-9/h6-8,11H,1-5H3,(H,16,17)/t11-/m0/s1. The maximum atomic E-state index is 12.1. The fraction of sp³-hybridized carbons (Fsp3) is 0.571. The number of esters is 1. The van der Waals surface area contributed by atoms with Gasteiger partial charge in [-0.2, -0.15) is 0 Å². The molecule has 0 bridgehead atoms. The molecule has 1 heterocycles. The van der Waals surface area contributed by atoms with Gasteiger partial charge in [0.05, 0.1) is 0 Å². The third kappa shape index (κ3) is 4.89. The number of furan rings is 1. The third-order valence-electron chi connectivity index (χ3n) is 2.41. The second kappa shape index (κ2) is 6.31. The highest BCUT2D eigenvalue weighted by atomic mass is 35.5. The van der Waals surface area contributed by atoms with Crippen LogP contribution in [0.2, 0.25) is 5.22 Å². The average molecular weight is 302 g/mol. The molecule has 5 nitrogen and oxygen atoms in total. The summed E-state index contributed by atoms with van der Waals surface area (Å²) in [7, 11) is 0. The predicted octanol–water partition coefficient (Wildman–Crippen LogP) is 3.03. The van der Waals surface area contributed by atoms with E-state index in [0.29, 0.717) is 0 Å². The molecule has 0 saturated carbocycles. The maximum Gasteiger partial charge on any atom is 0.329 e. The number of rotatable bonds is 4. The van der Waals surface area contributed by atoms with Gasteiger partial charge < -0.3 is 14.5 Å². The smallest absolute Gasteiger partial charge is 0.329 e. The first-order chi connectivity index (χ1) is 9.10. The Labute approximate surface area is 123 Å². The van der Waals surface area contributed by atoms with Gasteiger partial charge >= 0.3 is 5.97 Å². The Morgan fingerprint density at radius 1 is 1.30 bits per heavy atom. The van der Waals surface area contributed by atoms with Crippen LogP contribution in [0.4, 0.5) is 0 Å². The van der Waals surface area contributed by atoms with Gasteiger partial charge in [0.2, 0.25) is 0 Å². The van der Waals surface area contributed by atoms with Gasteiger partial charge in [-0.1, -0.05) is 13.8 Å². The lowest BCUT2D eigenvalue weighted by Gasteiger charge is -2.26. The molecule has 1 aromatic heterocycles. The minimum absolute atomic E-state index is 0.0595. The van der Waals surface area contributed by atoms with E-state index in [2.05, 4.69) is 5.32 Å². The first-order valence-electron chi connectivity index (χ1n) is 6.39. The van der Waals surface area contributed by atoms with E-state index in [-0.39, 0.29) is 16.9 Å². The highest BCUT2D eigenvalue weighted by Gasteiger charge is 2.30. The Morgan fingerprint density at radius 2 is 1.90 bits per heavy atom. The summed E-state index contributed by atoms with van der Waals surface area (Å²) >= 11 is 5.61. The van der Waals surface area contributed by atoms with Crippen LogP contribution in [0.1, 0.15) is 45.2 Å². The van der Waals surface area contributed by atoms with E-state index in [1.165, 1.54) is 12.1 Å². The highest BCUT2D eigenvalue weighted by molar-refractivity contribution is 6.29. The van der Waals surface area contributed by atoms with Gasteiger partial charge in [0.1, 0.15) is 11.6 Å². The lowest BCUT2D eigenvalue weighted by atomic mass is 10.0. The van der Waals surface area contributed by atoms with E-state index in [9.17, 15) is 9.59 Å². The summed E-state index contributed by atoms with van der Waals surface area (Å²) in [6, 6.07) is 2.17. The molecule has 0 aromatic carbocycles. The third-order valence-corrected chi connectivity index (χ3v) is 2.61. The second-order valence-corrected chi connectivity index (χ2v) is 6.20. The number of ether oxygens (including phenoxy) is 1. The van der Waals surface area contributed by atoms with E-state index < -0.39 is 23.5 Å². The van der Waals surface area contributed by atoms with Gasteiger partial charge in [-0.15, -0.1) is 0 Å². The van der Waals surface area contributed by atoms with Gasteiger partial charge in [-0.25, -0.2) is 4.79 Å². The summed E-state index contributed by atoms with van der Waals surface area (Å²) in [6.45, 7) is 8.97. The van der Waals surface area contributed by atoms with Crippen molar-refractivity contribution in [3.8, 4) is 0 Å². The van der Waals surface area contributed by atoms with Crippen LogP contribution < -0.4 is 5.32 Å². The van der Waals surface area contributed by atoms with Crippen LogP contribution in [0.15, 0.2) is 16.5 Å². The number of halogens is 1. The number of nitrogens with one attached hydrogen (secondary N) is 1. The van der Waals surface area contributed by atoms with Crippen molar-refractivity contribution in [2.45, 2.75) is 46.3 Å². The normalized spacial score (nSPS) is 13.2. The minimum Gasteiger partial charge on any atom is -0.458 e. The molecule has 1 atom stereocenters. The maximum absolute atomic E-state index is 12.1. The van der Waals surface area contributed by atoms with Crippen molar-refractivity contribution >= 4 is 23.5 Å². The molecule has 1 N–H and O–H groups in total. The molecule has 112 valence electrons. The zero-order valence-electron chi connectivity index (χ0n) is 12.3. The molecule has 0 fully saturated rings. The molecule has 0 unspecified atom stereocenters. The van der Waals surface area contributed by atoms with E-state index >= 15 is 0 Å². The van der Waals surface area contributed by atoms with Crippen LogP contribution in [0.5, 0.6) is 0 Å². The molecule has 0 spiro atoms. The molecular weight excluding hydrogens is 282 g/mol. The predicted molar refractivity (Wildman–Crippen MR) is 75.7 cm³/mol. The van der Waals surface area contributed by atoms with Gasteiger partial charge in [0.15, 0.2) is 11.0 Å². The molecule has 20 heavy (non-hydrogen) atoms. The van der Waals surface area contributed by atoms with Crippen LogP contribution in [-0.2, 0) is 9.53 Å². The van der Waals surface area contributed by atoms with Crippen molar-refractivity contribution in [2.24, 2.45) is 5.92 Å². The van der Waals surface area contributed by atoms with Gasteiger partial charge in [0.25, 0.3) is 5.91 Å². The monoisotopic (exact) mass is 301 g/mol. The van der Waals surface area contributed by atoms with Gasteiger partial charge in [-0.05, 0) is 50.4 Å². The SMILES string of the molecule is CC(C)[C@H](NC(=O)c1ccc(Cl)o1)C(=O)OC(C)(C)C. The summed E-state index contributed by atoms with van der Waals surface area (Å²) < 4.78 is 10.3. The topological polar surface area (TPSA) is 68.5 Å². The molecule has 0 aliphatic heterocycles. The summed E-state index contributed by atoms with van der Waals surface area (Å²) in [6.07, 6.45) is 0. The molecule has 0 aliphatic rings. The Morgan fingerprint density at radius 3 is 2.30 bits per heavy atom. The van der Waals surface area contributed by atoms with E-state index in [1.54, 1.807) is 20.8 Å². The van der Waals surface area contributed by atoms with Crippen molar-refractivity contribution in [1.29, 1.82) is 0 Å². The second-order valence-electron chi connectivity index (χ2n) is 5.83. The van der Waals surface area contributed by atoms with Crippen molar-refractivity contribution in [3.63, 3.8) is 0 Å². The van der Waals surface area contributed by atoms with E-state index in [4.69, 9.17) is 20.8 Å². The lowest BCUT2D eigenvalue weighted by Crippen LogP contribution is -2.47. The first kappa shape index (κ1) is 16.6. The molecule has 6 heteroatoms. The molecule has 1 aromatic rings. The number of carbonyl (C=O) groups is 2. The summed E-state index contributed by atoms with van der Waals surface area (Å²) in [4.78, 5) is 24.1. The molecule has 0 aliphatic carbocycles. The van der Waals surface area contributed by atoms with Crippen LogP contribution in [0.25, 0.3) is 0 Å². The number of carbonyl (C=O) groups excluding carboxylic acids is 2. The fourth-order valence-electron chi connectivity index (χ4n) is 1.51.